The van der Waals surface area contributed by atoms with Gasteiger partial charge in [0, 0.05) is 18.1 Å². The number of halogens is 1. The molecule has 1 unspecified atom stereocenters. The maximum atomic E-state index is 12.5. The number of hydrogen-bond donors (Lipinski definition) is 1. The average Bonchev–Trinajstić information content (AvgIpc) is 2.46. The van der Waals surface area contributed by atoms with Gasteiger partial charge < -0.3 is 10.0 Å². The van der Waals surface area contributed by atoms with E-state index in [0.717, 1.165) is 17.2 Å². The van der Waals surface area contributed by atoms with Crippen LogP contribution < -0.4 is 0 Å². The number of aliphatic carboxylic acids is 1. The highest BCUT2D eigenvalue weighted by molar-refractivity contribution is 7.99. The number of carbonyl (C=O) groups excluding carboxylic acids is 1. The van der Waals surface area contributed by atoms with Gasteiger partial charge in [0.2, 0.25) is 0 Å². The summed E-state index contributed by atoms with van der Waals surface area (Å²) in [4.78, 5) is 38.6. The molecule has 10 heteroatoms. The molecule has 1 aliphatic rings. The van der Waals surface area contributed by atoms with E-state index in [4.69, 9.17) is 16.7 Å². The SMILES string of the molecule is O=C(O)C1CSCCN1C(=O)c1cc(Cl)ncc1[N+](=O)[O-]. The van der Waals surface area contributed by atoms with Crippen LogP contribution in [0.3, 0.4) is 0 Å². The highest BCUT2D eigenvalue weighted by atomic mass is 35.5. The summed E-state index contributed by atoms with van der Waals surface area (Å²) in [6, 6.07) is 0.0747. The van der Waals surface area contributed by atoms with Crippen molar-refractivity contribution in [1.29, 1.82) is 0 Å². The molecule has 1 atom stereocenters. The Balaban J connectivity index is 2.40. The van der Waals surface area contributed by atoms with E-state index in [0.29, 0.717) is 5.75 Å². The standard InChI is InChI=1S/C11H10ClN3O5S/c12-9-3-6(7(4-13-9)15(19)20)10(16)14-1-2-21-5-8(14)11(17)18/h3-4,8H,1-2,5H2,(H,17,18). The van der Waals surface area contributed by atoms with Crippen LogP contribution in [0.5, 0.6) is 0 Å². The Labute approximate surface area is 128 Å². The molecule has 0 spiro atoms. The minimum Gasteiger partial charge on any atom is -0.480 e. The minimum atomic E-state index is -1.14. The molecule has 0 bridgehead atoms. The van der Waals surface area contributed by atoms with Crippen molar-refractivity contribution in [3.8, 4) is 0 Å². The van der Waals surface area contributed by atoms with Gasteiger partial charge in [-0.15, -0.1) is 0 Å². The Morgan fingerprint density at radius 2 is 2.29 bits per heavy atom. The summed E-state index contributed by atoms with van der Waals surface area (Å²) < 4.78 is 0. The zero-order chi connectivity index (χ0) is 15.6. The second-order valence-electron chi connectivity index (χ2n) is 4.21. The fourth-order valence-corrected chi connectivity index (χ4v) is 3.14. The number of nitrogens with zero attached hydrogens (tertiary/aromatic N) is 3. The molecule has 2 rings (SSSR count). The van der Waals surface area contributed by atoms with Gasteiger partial charge >= 0.3 is 5.97 Å². The number of nitro groups is 1. The van der Waals surface area contributed by atoms with Gasteiger partial charge in [0.05, 0.1) is 4.92 Å². The molecule has 112 valence electrons. The highest BCUT2D eigenvalue weighted by Gasteiger charge is 2.35. The molecule has 1 aromatic rings. The van der Waals surface area contributed by atoms with Gasteiger partial charge in [-0.3, -0.25) is 14.9 Å². The third-order valence-electron chi connectivity index (χ3n) is 2.95. The number of thioether (sulfide) groups is 1. The molecule has 0 aliphatic carbocycles. The van der Waals surface area contributed by atoms with E-state index in [1.807, 2.05) is 0 Å². The van der Waals surface area contributed by atoms with Gasteiger partial charge in [0.15, 0.2) is 0 Å². The minimum absolute atomic E-state index is 0.0674. The van der Waals surface area contributed by atoms with Crippen LogP contribution in [0.2, 0.25) is 5.15 Å². The number of carboxylic acids is 1. The molecule has 0 aromatic carbocycles. The molecule has 21 heavy (non-hydrogen) atoms. The molecule has 0 saturated carbocycles. The fraction of sp³-hybridized carbons (Fsp3) is 0.364. The van der Waals surface area contributed by atoms with E-state index in [1.165, 1.54) is 11.8 Å². The number of carbonyl (C=O) groups is 2. The van der Waals surface area contributed by atoms with E-state index in [9.17, 15) is 19.7 Å². The van der Waals surface area contributed by atoms with Crippen molar-refractivity contribution in [2.75, 3.05) is 18.1 Å². The molecule has 1 fully saturated rings. The predicted octanol–water partition coefficient (Wildman–Crippen LogP) is 1.29. The van der Waals surface area contributed by atoms with Crippen LogP contribution in [0.15, 0.2) is 12.3 Å². The van der Waals surface area contributed by atoms with Crippen LogP contribution in [-0.2, 0) is 4.79 Å². The lowest BCUT2D eigenvalue weighted by Gasteiger charge is -2.32. The van der Waals surface area contributed by atoms with E-state index >= 15 is 0 Å². The molecule has 1 N–H and O–H groups in total. The van der Waals surface area contributed by atoms with Crippen molar-refractivity contribution in [3.63, 3.8) is 0 Å². The molecule has 1 aromatic heterocycles. The second kappa shape index (κ2) is 6.27. The predicted molar refractivity (Wildman–Crippen MR) is 75.7 cm³/mol. The van der Waals surface area contributed by atoms with Crippen molar-refractivity contribution in [2.24, 2.45) is 0 Å². The Bertz CT molecular complexity index is 612. The second-order valence-corrected chi connectivity index (χ2v) is 5.75. The zero-order valence-electron chi connectivity index (χ0n) is 10.6. The number of aromatic nitrogens is 1. The molecule has 1 saturated heterocycles. The quantitative estimate of drug-likeness (QED) is 0.504. The van der Waals surface area contributed by atoms with E-state index < -0.39 is 28.5 Å². The van der Waals surface area contributed by atoms with Gasteiger partial charge in [-0.1, -0.05) is 11.6 Å². The Kier molecular flexibility index (Phi) is 4.63. The zero-order valence-corrected chi connectivity index (χ0v) is 12.1. The summed E-state index contributed by atoms with van der Waals surface area (Å²) in [5, 5.41) is 20.1. The van der Waals surface area contributed by atoms with E-state index in [1.54, 1.807) is 0 Å². The normalized spacial score (nSPS) is 18.3. The van der Waals surface area contributed by atoms with Crippen LogP contribution >= 0.6 is 23.4 Å². The first-order valence-corrected chi connectivity index (χ1v) is 7.36. The molecule has 0 radical (unpaired) electrons. The largest absolute Gasteiger partial charge is 0.480 e. The summed E-state index contributed by atoms with van der Waals surface area (Å²) in [7, 11) is 0. The van der Waals surface area contributed by atoms with Gasteiger partial charge in [-0.05, 0) is 6.07 Å². The number of hydrogen-bond acceptors (Lipinski definition) is 6. The van der Waals surface area contributed by atoms with Crippen molar-refractivity contribution >= 4 is 40.9 Å². The summed E-state index contributed by atoms with van der Waals surface area (Å²) >= 11 is 7.09. The van der Waals surface area contributed by atoms with Crippen molar-refractivity contribution in [3.05, 3.63) is 33.1 Å². The number of carboxylic acid groups (broad SMARTS) is 1. The third-order valence-corrected chi connectivity index (χ3v) is 4.18. The van der Waals surface area contributed by atoms with E-state index in [2.05, 4.69) is 4.98 Å². The summed E-state index contributed by atoms with van der Waals surface area (Å²) in [6.07, 6.45) is 0.893. The van der Waals surface area contributed by atoms with Crippen LogP contribution in [0, 0.1) is 10.1 Å². The first-order chi connectivity index (χ1) is 9.91. The van der Waals surface area contributed by atoms with Crippen molar-refractivity contribution in [2.45, 2.75) is 6.04 Å². The Hall–Kier alpha value is -1.87. The molecular formula is C11H10ClN3O5S. The van der Waals surface area contributed by atoms with Gasteiger partial charge in [-0.25, -0.2) is 9.78 Å². The number of rotatable bonds is 3. The van der Waals surface area contributed by atoms with Crippen molar-refractivity contribution < 1.29 is 19.6 Å². The van der Waals surface area contributed by atoms with Crippen molar-refractivity contribution in [1.82, 2.24) is 9.88 Å². The lowest BCUT2D eigenvalue weighted by molar-refractivity contribution is -0.385. The maximum absolute atomic E-state index is 12.5. The fourth-order valence-electron chi connectivity index (χ4n) is 1.95. The number of pyridine rings is 1. The Morgan fingerprint density at radius 3 is 2.90 bits per heavy atom. The topological polar surface area (TPSA) is 114 Å². The highest BCUT2D eigenvalue weighted by Crippen LogP contribution is 2.25. The van der Waals surface area contributed by atoms with Crippen LogP contribution in [0.1, 0.15) is 10.4 Å². The summed E-state index contributed by atoms with van der Waals surface area (Å²) in [6.45, 7) is 0.206. The molecule has 2 heterocycles. The summed E-state index contributed by atoms with van der Waals surface area (Å²) in [5.41, 5.74) is -0.745. The molecule has 8 nitrogen and oxygen atoms in total. The van der Waals surface area contributed by atoms with Crippen LogP contribution in [0.4, 0.5) is 5.69 Å². The van der Waals surface area contributed by atoms with Gasteiger partial charge in [0.1, 0.15) is 23.0 Å². The lowest BCUT2D eigenvalue weighted by Crippen LogP contribution is -2.50. The lowest BCUT2D eigenvalue weighted by atomic mass is 10.1. The smallest absolute Gasteiger partial charge is 0.327 e. The van der Waals surface area contributed by atoms with Crippen LogP contribution in [-0.4, -0.2) is 55.9 Å². The average molecular weight is 332 g/mol. The first-order valence-electron chi connectivity index (χ1n) is 5.83. The van der Waals surface area contributed by atoms with Crippen LogP contribution in [0.25, 0.3) is 0 Å². The first kappa shape index (κ1) is 15.5. The molecule has 1 aliphatic heterocycles. The maximum Gasteiger partial charge on any atom is 0.327 e. The third kappa shape index (κ3) is 3.24. The van der Waals surface area contributed by atoms with Gasteiger partial charge in [0.25, 0.3) is 11.6 Å². The molecular weight excluding hydrogens is 322 g/mol. The monoisotopic (exact) mass is 331 g/mol. The number of amides is 1. The Morgan fingerprint density at radius 1 is 1.57 bits per heavy atom. The summed E-state index contributed by atoms with van der Waals surface area (Å²) in [5.74, 6) is -1.05. The van der Waals surface area contributed by atoms with Gasteiger partial charge in [-0.2, -0.15) is 11.8 Å². The molecule has 1 amide bonds. The van der Waals surface area contributed by atoms with E-state index in [-0.39, 0.29) is 23.0 Å².